The van der Waals surface area contributed by atoms with E-state index in [1.165, 1.54) is 6.92 Å². The molecular weight excluding hydrogens is 380 g/mol. The number of carbonyl (C=O) groups is 4. The van der Waals surface area contributed by atoms with Gasteiger partial charge in [0.25, 0.3) is 0 Å². The molecule has 2 saturated heterocycles. The smallest absolute Gasteiger partial charge is 0.337 e. The molecule has 3 aliphatic rings. The third-order valence-corrected chi connectivity index (χ3v) is 5.70. The lowest BCUT2D eigenvalue weighted by Crippen LogP contribution is -2.57. The van der Waals surface area contributed by atoms with Crippen molar-refractivity contribution in [2.75, 3.05) is 13.2 Å². The Bertz CT molecular complexity index is 853. The standard InChI is InChI=1S/C21H22O8/c1-6-21-7-14(28-18(23)10(2)8-26-13(5)22)15-11(3)20(25)29-17(15)16(21)12(4)19(24)27-9-21/h6,14-17H,1-4,7-9H2,5H3/t14-,15+,16+,17-,21+/m0/s1. The van der Waals surface area contributed by atoms with E-state index in [0.717, 1.165) is 0 Å². The summed E-state index contributed by atoms with van der Waals surface area (Å²) in [6.45, 7) is 15.9. The molecule has 0 bridgehead atoms. The van der Waals surface area contributed by atoms with Gasteiger partial charge in [-0.05, 0) is 6.42 Å². The van der Waals surface area contributed by atoms with Crippen molar-refractivity contribution in [2.24, 2.45) is 17.3 Å². The first kappa shape index (κ1) is 20.6. The molecule has 29 heavy (non-hydrogen) atoms. The largest absolute Gasteiger partial charge is 0.461 e. The van der Waals surface area contributed by atoms with Gasteiger partial charge in [0, 0.05) is 29.4 Å². The number of rotatable bonds is 5. The van der Waals surface area contributed by atoms with Gasteiger partial charge in [0.2, 0.25) is 0 Å². The van der Waals surface area contributed by atoms with Gasteiger partial charge in [0.15, 0.2) is 0 Å². The highest BCUT2D eigenvalue weighted by molar-refractivity contribution is 5.94. The van der Waals surface area contributed by atoms with Crippen molar-refractivity contribution in [3.63, 3.8) is 0 Å². The van der Waals surface area contributed by atoms with Crippen molar-refractivity contribution >= 4 is 23.9 Å². The molecule has 8 heteroatoms. The molecular formula is C21H22O8. The van der Waals surface area contributed by atoms with E-state index in [4.69, 9.17) is 18.9 Å². The number of carbonyl (C=O) groups excluding carboxylic acids is 4. The number of ether oxygens (including phenoxy) is 4. The van der Waals surface area contributed by atoms with E-state index in [1.807, 2.05) is 0 Å². The Kier molecular flexibility index (Phi) is 5.21. The maximum atomic E-state index is 12.5. The highest BCUT2D eigenvalue weighted by atomic mass is 16.6. The van der Waals surface area contributed by atoms with Crippen LogP contribution < -0.4 is 0 Å². The van der Waals surface area contributed by atoms with Gasteiger partial charge in [-0.1, -0.05) is 25.8 Å². The lowest BCUT2D eigenvalue weighted by atomic mass is 9.57. The van der Waals surface area contributed by atoms with Crippen LogP contribution in [0.1, 0.15) is 13.3 Å². The molecule has 0 aromatic carbocycles. The Balaban J connectivity index is 1.90. The zero-order valence-electron chi connectivity index (χ0n) is 16.1. The normalized spacial score (nSPS) is 33.0. The molecule has 0 amide bonds. The SMILES string of the molecule is C=C[C@@]12COC(=O)C(=C)[C@@H]1[C@H]1OC(=O)C(=C)[C@@H]1[C@@H](OC(=O)C(=C)COC(C)=O)C2. The molecule has 0 spiro atoms. The summed E-state index contributed by atoms with van der Waals surface area (Å²) < 4.78 is 21.1. The van der Waals surface area contributed by atoms with Gasteiger partial charge in [-0.25, -0.2) is 14.4 Å². The summed E-state index contributed by atoms with van der Waals surface area (Å²) in [7, 11) is 0. The van der Waals surface area contributed by atoms with Gasteiger partial charge in [0.1, 0.15) is 25.4 Å². The monoisotopic (exact) mass is 402 g/mol. The maximum absolute atomic E-state index is 12.5. The summed E-state index contributed by atoms with van der Waals surface area (Å²) >= 11 is 0. The van der Waals surface area contributed by atoms with Crippen molar-refractivity contribution in [3.8, 4) is 0 Å². The van der Waals surface area contributed by atoms with Gasteiger partial charge in [-0.3, -0.25) is 4.79 Å². The zero-order valence-corrected chi connectivity index (χ0v) is 16.1. The molecule has 8 nitrogen and oxygen atoms in total. The Labute approximate surface area is 167 Å². The summed E-state index contributed by atoms with van der Waals surface area (Å²) in [4.78, 5) is 47.7. The maximum Gasteiger partial charge on any atom is 0.337 e. The van der Waals surface area contributed by atoms with Gasteiger partial charge in [-0.15, -0.1) is 6.58 Å². The van der Waals surface area contributed by atoms with Gasteiger partial charge in [0.05, 0.1) is 11.5 Å². The molecule has 0 unspecified atom stereocenters. The summed E-state index contributed by atoms with van der Waals surface area (Å²) in [5.74, 6) is -3.74. The highest BCUT2D eigenvalue weighted by Crippen LogP contribution is 2.55. The van der Waals surface area contributed by atoms with Crippen LogP contribution in [-0.2, 0) is 38.1 Å². The van der Waals surface area contributed by atoms with Crippen LogP contribution >= 0.6 is 0 Å². The number of cyclic esters (lactones) is 1. The topological polar surface area (TPSA) is 105 Å². The fourth-order valence-electron chi connectivity index (χ4n) is 4.24. The molecule has 5 atom stereocenters. The second kappa shape index (κ2) is 7.35. The third kappa shape index (κ3) is 3.39. The number of hydrogen-bond donors (Lipinski definition) is 0. The first-order valence-electron chi connectivity index (χ1n) is 9.02. The third-order valence-electron chi connectivity index (χ3n) is 5.70. The summed E-state index contributed by atoms with van der Waals surface area (Å²) in [6.07, 6.45) is 0.243. The van der Waals surface area contributed by atoms with E-state index in [0.29, 0.717) is 0 Å². The van der Waals surface area contributed by atoms with E-state index in [1.54, 1.807) is 6.08 Å². The molecule has 1 saturated carbocycles. The van der Waals surface area contributed by atoms with Crippen molar-refractivity contribution in [1.29, 1.82) is 0 Å². The number of esters is 4. The van der Waals surface area contributed by atoms with Crippen LogP contribution in [0.5, 0.6) is 0 Å². The quantitative estimate of drug-likeness (QED) is 0.294. The molecule has 1 aliphatic carbocycles. The predicted octanol–water partition coefficient (Wildman–Crippen LogP) is 1.42. The first-order chi connectivity index (χ1) is 13.6. The first-order valence-corrected chi connectivity index (χ1v) is 9.02. The fraction of sp³-hybridized carbons (Fsp3) is 0.429. The summed E-state index contributed by atoms with van der Waals surface area (Å²) in [5.41, 5.74) is -0.540. The molecule has 154 valence electrons. The van der Waals surface area contributed by atoms with E-state index in [9.17, 15) is 19.2 Å². The van der Waals surface area contributed by atoms with E-state index in [-0.39, 0.29) is 36.4 Å². The molecule has 0 N–H and O–H groups in total. The van der Waals surface area contributed by atoms with Crippen LogP contribution in [-0.4, -0.2) is 49.3 Å². The molecule has 3 rings (SSSR count). The summed E-state index contributed by atoms with van der Waals surface area (Å²) in [5, 5.41) is 0. The molecule has 3 fully saturated rings. The number of hydrogen-bond acceptors (Lipinski definition) is 8. The Morgan fingerprint density at radius 1 is 1.24 bits per heavy atom. The van der Waals surface area contributed by atoms with Crippen LogP contribution in [0, 0.1) is 17.3 Å². The summed E-state index contributed by atoms with van der Waals surface area (Å²) in [6, 6.07) is 0. The second-order valence-electron chi connectivity index (χ2n) is 7.47. The molecule has 2 aliphatic heterocycles. The molecule has 0 aromatic heterocycles. The minimum Gasteiger partial charge on any atom is -0.461 e. The van der Waals surface area contributed by atoms with Crippen LogP contribution in [0.3, 0.4) is 0 Å². The van der Waals surface area contributed by atoms with Crippen molar-refractivity contribution in [1.82, 2.24) is 0 Å². The average molecular weight is 402 g/mol. The molecule has 2 heterocycles. The lowest BCUT2D eigenvalue weighted by molar-refractivity contribution is -0.176. The molecule has 0 aromatic rings. The van der Waals surface area contributed by atoms with Crippen molar-refractivity contribution in [3.05, 3.63) is 49.1 Å². The van der Waals surface area contributed by atoms with Gasteiger partial charge >= 0.3 is 23.9 Å². The fourth-order valence-corrected chi connectivity index (χ4v) is 4.24. The lowest BCUT2D eigenvalue weighted by Gasteiger charge is -2.51. The minimum absolute atomic E-state index is 0.00525. The Hall–Kier alpha value is -3.16. The van der Waals surface area contributed by atoms with E-state index >= 15 is 0 Å². The van der Waals surface area contributed by atoms with E-state index < -0.39 is 53.3 Å². The second-order valence-corrected chi connectivity index (χ2v) is 7.47. The highest BCUT2D eigenvalue weighted by Gasteiger charge is 2.62. The van der Waals surface area contributed by atoms with Crippen LogP contribution in [0.4, 0.5) is 0 Å². The van der Waals surface area contributed by atoms with Crippen LogP contribution in [0.15, 0.2) is 49.1 Å². The van der Waals surface area contributed by atoms with Gasteiger partial charge in [-0.2, -0.15) is 0 Å². The molecule has 0 radical (unpaired) electrons. The van der Waals surface area contributed by atoms with E-state index in [2.05, 4.69) is 26.3 Å². The van der Waals surface area contributed by atoms with Crippen LogP contribution in [0.2, 0.25) is 0 Å². The van der Waals surface area contributed by atoms with Crippen molar-refractivity contribution in [2.45, 2.75) is 25.6 Å². The van der Waals surface area contributed by atoms with Gasteiger partial charge < -0.3 is 18.9 Å². The average Bonchev–Trinajstić information content (AvgIpc) is 2.97. The Morgan fingerprint density at radius 3 is 2.55 bits per heavy atom. The number of fused-ring (bicyclic) bond motifs is 3. The Morgan fingerprint density at radius 2 is 1.93 bits per heavy atom. The zero-order chi connectivity index (χ0) is 21.5. The predicted molar refractivity (Wildman–Crippen MR) is 99.0 cm³/mol. The van der Waals surface area contributed by atoms with Crippen molar-refractivity contribution < 1.29 is 38.1 Å². The van der Waals surface area contributed by atoms with Crippen LogP contribution in [0.25, 0.3) is 0 Å². The minimum atomic E-state index is -0.820.